The van der Waals surface area contributed by atoms with Gasteiger partial charge in [-0.1, -0.05) is 42.0 Å². The maximum Gasteiger partial charge on any atom is 0.352 e. The highest BCUT2D eigenvalue weighted by Gasteiger charge is 2.73. The Morgan fingerprint density at radius 1 is 0.953 bits per heavy atom. The van der Waals surface area contributed by atoms with Crippen LogP contribution in [-0.2, 0) is 44.7 Å². The summed E-state index contributed by atoms with van der Waals surface area (Å²) in [7, 11) is 4.18. The topological polar surface area (TPSA) is 127 Å². The monoisotopic (exact) mass is 588 g/mol. The fourth-order valence-corrected chi connectivity index (χ4v) is 7.88. The predicted octanol–water partition coefficient (Wildman–Crippen LogP) is 4.23. The standard InChI is InChI=1S/C33H36N2O8/c1-19-10-11-23-22(16-19)26-28(34-23)32(14-12-21(13-15-32)27(35(3)4)20-8-6-5-7-9-20)43-30(2)33(26)41-25(37)18-31(39,29(38)42-33)17-24(36)40-30/h5-11,16,21,27,34,39H,12-15,17-18H2,1-4H3. The van der Waals surface area contributed by atoms with Gasteiger partial charge in [-0.2, -0.15) is 0 Å². The molecule has 43 heavy (non-hydrogen) atoms. The molecule has 4 atom stereocenters. The summed E-state index contributed by atoms with van der Waals surface area (Å²) in [6, 6.07) is 16.4. The third-order valence-electron chi connectivity index (χ3n) is 9.76. The Kier molecular flexibility index (Phi) is 6.12. The number of H-pyrrole nitrogens is 1. The van der Waals surface area contributed by atoms with Crippen molar-refractivity contribution in [1.82, 2.24) is 9.88 Å². The smallest absolute Gasteiger partial charge is 0.352 e. The van der Waals surface area contributed by atoms with Crippen LogP contribution in [0.5, 0.6) is 0 Å². The summed E-state index contributed by atoms with van der Waals surface area (Å²) in [5, 5.41) is 11.7. The summed E-state index contributed by atoms with van der Waals surface area (Å²) >= 11 is 0. The fraction of sp³-hybridized carbons (Fsp3) is 0.485. The molecule has 4 aliphatic rings. The molecule has 3 fully saturated rings. The first-order valence-corrected chi connectivity index (χ1v) is 14.8. The molecule has 226 valence electrons. The maximum absolute atomic E-state index is 13.5. The van der Waals surface area contributed by atoms with Gasteiger partial charge in [0.2, 0.25) is 0 Å². The van der Waals surface area contributed by atoms with Gasteiger partial charge in [0.1, 0.15) is 5.60 Å². The van der Waals surface area contributed by atoms with Crippen LogP contribution in [-0.4, -0.2) is 58.4 Å². The summed E-state index contributed by atoms with van der Waals surface area (Å²) in [5.41, 5.74) is 0.525. The molecule has 1 aliphatic carbocycles. The van der Waals surface area contributed by atoms with Gasteiger partial charge in [0.05, 0.1) is 24.1 Å². The molecular formula is C33H36N2O8. The van der Waals surface area contributed by atoms with E-state index >= 15 is 0 Å². The number of aromatic nitrogens is 1. The number of nitrogens with one attached hydrogen (secondary N) is 1. The van der Waals surface area contributed by atoms with Crippen molar-refractivity contribution in [2.24, 2.45) is 5.92 Å². The van der Waals surface area contributed by atoms with Crippen LogP contribution in [0.25, 0.3) is 10.9 Å². The second-order valence-corrected chi connectivity index (χ2v) is 13.0. The maximum atomic E-state index is 13.5. The summed E-state index contributed by atoms with van der Waals surface area (Å²) in [6.07, 6.45) is 1.23. The van der Waals surface area contributed by atoms with Crippen molar-refractivity contribution in [2.75, 3.05) is 14.1 Å². The lowest BCUT2D eigenvalue weighted by atomic mass is 9.70. The van der Waals surface area contributed by atoms with E-state index in [1.807, 2.05) is 31.2 Å². The highest BCUT2D eigenvalue weighted by atomic mass is 16.8. The van der Waals surface area contributed by atoms with Crippen LogP contribution in [0, 0.1) is 12.8 Å². The molecule has 2 aromatic carbocycles. The number of fused-ring (bicyclic) bond motifs is 6. The zero-order chi connectivity index (χ0) is 30.4. The fourth-order valence-electron chi connectivity index (χ4n) is 7.88. The van der Waals surface area contributed by atoms with Gasteiger partial charge in [0.25, 0.3) is 5.79 Å². The van der Waals surface area contributed by atoms with Crippen LogP contribution in [0.2, 0.25) is 0 Å². The second-order valence-electron chi connectivity index (χ2n) is 13.0. The minimum Gasteiger partial charge on any atom is -0.424 e. The Hall–Kier alpha value is -3.73. The van der Waals surface area contributed by atoms with Gasteiger partial charge in [-0.25, -0.2) is 4.79 Å². The molecule has 2 bridgehead atoms. The van der Waals surface area contributed by atoms with Gasteiger partial charge >= 0.3 is 23.7 Å². The number of ether oxygens (including phenoxy) is 4. The molecule has 10 heteroatoms. The molecular weight excluding hydrogens is 552 g/mol. The average Bonchev–Trinajstić information content (AvgIpc) is 3.29. The van der Waals surface area contributed by atoms with Crippen LogP contribution in [0.4, 0.5) is 0 Å². The largest absolute Gasteiger partial charge is 0.424 e. The van der Waals surface area contributed by atoms with Crippen LogP contribution >= 0.6 is 0 Å². The number of carbonyl (C=O) groups excluding carboxylic acids is 3. The predicted molar refractivity (Wildman–Crippen MR) is 153 cm³/mol. The van der Waals surface area contributed by atoms with E-state index in [0.717, 1.165) is 23.9 Å². The van der Waals surface area contributed by atoms with Crippen molar-refractivity contribution in [1.29, 1.82) is 0 Å². The molecule has 3 aliphatic heterocycles. The van der Waals surface area contributed by atoms with E-state index in [9.17, 15) is 19.5 Å². The van der Waals surface area contributed by atoms with Crippen molar-refractivity contribution < 1.29 is 38.4 Å². The third-order valence-corrected chi connectivity index (χ3v) is 9.76. The molecule has 2 spiro atoms. The molecule has 1 aromatic heterocycles. The van der Waals surface area contributed by atoms with Gasteiger partial charge in [0.15, 0.2) is 5.60 Å². The molecule has 7 rings (SSSR count). The van der Waals surface area contributed by atoms with Crippen molar-refractivity contribution >= 4 is 28.8 Å². The van der Waals surface area contributed by atoms with E-state index in [1.54, 1.807) is 0 Å². The first kappa shape index (κ1) is 28.1. The SMILES string of the molecule is Cc1ccc2[nH]c3c(c2c1)C12OC(=O)CC(O)(CC(=O)OC1(C)OC31CCC(C(c3ccccc3)N(C)C)CC1)C(=O)O2. The van der Waals surface area contributed by atoms with E-state index in [-0.39, 0.29) is 6.04 Å². The van der Waals surface area contributed by atoms with Gasteiger partial charge in [-0.05, 0) is 70.3 Å². The zero-order valence-corrected chi connectivity index (χ0v) is 24.8. The van der Waals surface area contributed by atoms with E-state index < -0.39 is 53.5 Å². The van der Waals surface area contributed by atoms with Crippen LogP contribution in [0.15, 0.2) is 48.5 Å². The number of aliphatic hydroxyl groups is 1. The minimum atomic E-state index is -2.41. The van der Waals surface area contributed by atoms with E-state index in [0.29, 0.717) is 35.4 Å². The second kappa shape index (κ2) is 9.38. The molecule has 0 radical (unpaired) electrons. The van der Waals surface area contributed by atoms with E-state index in [1.165, 1.54) is 12.5 Å². The molecule has 10 nitrogen and oxygen atoms in total. The van der Waals surface area contributed by atoms with E-state index in [4.69, 9.17) is 18.9 Å². The van der Waals surface area contributed by atoms with Gasteiger partial charge in [-0.3, -0.25) is 9.59 Å². The highest BCUT2D eigenvalue weighted by Crippen LogP contribution is 2.61. The third kappa shape index (κ3) is 4.07. The Labute approximate surface area is 249 Å². The quantitative estimate of drug-likeness (QED) is 0.432. The lowest BCUT2D eigenvalue weighted by molar-refractivity contribution is -0.417. The molecule has 4 unspecified atom stereocenters. The number of hydrogen-bond acceptors (Lipinski definition) is 9. The zero-order valence-electron chi connectivity index (χ0n) is 24.8. The Bertz CT molecular complexity index is 1640. The van der Waals surface area contributed by atoms with Crippen molar-refractivity contribution in [3.05, 3.63) is 70.9 Å². The number of aryl methyl sites for hydroxylation is 1. The molecule has 1 saturated carbocycles. The lowest BCUT2D eigenvalue weighted by Gasteiger charge is -2.55. The number of nitrogens with zero attached hydrogens (tertiary/aromatic N) is 1. The molecule has 3 aromatic rings. The van der Waals surface area contributed by atoms with Crippen molar-refractivity contribution in [3.63, 3.8) is 0 Å². The number of rotatable bonds is 3. The van der Waals surface area contributed by atoms with E-state index in [2.05, 4.69) is 48.2 Å². The normalized spacial score (nSPS) is 34.5. The summed E-state index contributed by atoms with van der Waals surface area (Å²) in [6.45, 7) is 3.42. The van der Waals surface area contributed by atoms with Gasteiger partial charge in [-0.15, -0.1) is 0 Å². The number of benzene rings is 2. The van der Waals surface area contributed by atoms with Crippen molar-refractivity contribution in [3.8, 4) is 0 Å². The number of hydrogen-bond donors (Lipinski definition) is 2. The van der Waals surface area contributed by atoms with Crippen LogP contribution in [0.3, 0.4) is 0 Å². The summed E-state index contributed by atoms with van der Waals surface area (Å²) in [5.74, 6) is -6.90. The summed E-state index contributed by atoms with van der Waals surface area (Å²) in [4.78, 5) is 45.8. The number of esters is 3. The van der Waals surface area contributed by atoms with Crippen LogP contribution < -0.4 is 0 Å². The first-order valence-electron chi connectivity index (χ1n) is 14.8. The van der Waals surface area contributed by atoms with Gasteiger partial charge in [0, 0.05) is 23.9 Å². The first-order chi connectivity index (χ1) is 20.4. The highest BCUT2D eigenvalue weighted by molar-refractivity contribution is 5.94. The Morgan fingerprint density at radius 3 is 2.30 bits per heavy atom. The minimum absolute atomic E-state index is 0.189. The molecule has 2 saturated heterocycles. The number of carbonyl (C=O) groups is 3. The molecule has 0 amide bonds. The molecule has 4 heterocycles. The summed E-state index contributed by atoms with van der Waals surface area (Å²) < 4.78 is 24.8. The number of aromatic amines is 1. The average molecular weight is 589 g/mol. The van der Waals surface area contributed by atoms with Crippen molar-refractivity contribution in [2.45, 2.75) is 81.2 Å². The lowest BCUT2D eigenvalue weighted by Crippen LogP contribution is -2.66. The Morgan fingerprint density at radius 2 is 1.63 bits per heavy atom. The van der Waals surface area contributed by atoms with Crippen LogP contribution in [0.1, 0.15) is 73.9 Å². The van der Waals surface area contributed by atoms with Gasteiger partial charge < -0.3 is 33.9 Å². The molecule has 2 N–H and O–H groups in total. The Balaban J connectivity index is 1.39.